The monoisotopic (exact) mass is 826 g/mol. The van der Waals surface area contributed by atoms with Gasteiger partial charge in [-0.05, 0) is 136 Å². The SMILES string of the molecule is c1ccc(N(c2ccccc2)c2ccc(-c3ccc4c(c3)Sc3cccc5c3c-4cc3sc4cc(-c6ccc(N(c7ccccc7)c7ccccc7)cc6)ccc4c35)cc2)cc1. The zero-order valence-corrected chi connectivity index (χ0v) is 35.3. The molecular formula is C58H38N2S2. The lowest BCUT2D eigenvalue weighted by Gasteiger charge is -2.25. The van der Waals surface area contributed by atoms with E-state index in [1.54, 1.807) is 0 Å². The topological polar surface area (TPSA) is 6.48 Å². The molecule has 2 heterocycles. The summed E-state index contributed by atoms with van der Waals surface area (Å²) in [7, 11) is 0. The van der Waals surface area contributed by atoms with Gasteiger partial charge in [-0.15, -0.1) is 11.3 Å². The van der Waals surface area contributed by atoms with Gasteiger partial charge in [-0.3, -0.25) is 0 Å². The summed E-state index contributed by atoms with van der Waals surface area (Å²) >= 11 is 3.80. The van der Waals surface area contributed by atoms with Crippen LogP contribution in [0.1, 0.15) is 0 Å². The molecular weight excluding hydrogens is 789 g/mol. The van der Waals surface area contributed by atoms with E-state index in [2.05, 4.69) is 240 Å². The Morgan fingerprint density at radius 3 is 1.27 bits per heavy atom. The Morgan fingerprint density at radius 1 is 0.274 bits per heavy atom. The summed E-state index contributed by atoms with van der Waals surface area (Å²) in [5.74, 6) is 0. The van der Waals surface area contributed by atoms with Gasteiger partial charge in [-0.25, -0.2) is 0 Å². The first-order valence-corrected chi connectivity index (χ1v) is 22.6. The number of rotatable bonds is 8. The summed E-state index contributed by atoms with van der Waals surface area (Å²) in [6.45, 7) is 0. The fourth-order valence-electron chi connectivity index (χ4n) is 9.13. The predicted molar refractivity (Wildman–Crippen MR) is 267 cm³/mol. The first-order valence-electron chi connectivity index (χ1n) is 21.0. The molecule has 0 unspecified atom stereocenters. The van der Waals surface area contributed by atoms with Crippen LogP contribution in [0, 0.1) is 0 Å². The largest absolute Gasteiger partial charge is 0.311 e. The Hall–Kier alpha value is -7.37. The molecule has 292 valence electrons. The molecule has 0 fully saturated rings. The third-order valence-electron chi connectivity index (χ3n) is 12.0. The van der Waals surface area contributed by atoms with Crippen molar-refractivity contribution in [2.75, 3.05) is 9.80 Å². The minimum absolute atomic E-state index is 1.13. The molecule has 0 aliphatic carbocycles. The van der Waals surface area contributed by atoms with Crippen molar-refractivity contribution in [2.45, 2.75) is 9.79 Å². The number of thiophene rings is 1. The number of anilines is 6. The minimum Gasteiger partial charge on any atom is -0.311 e. The molecule has 0 spiro atoms. The highest BCUT2D eigenvalue weighted by Crippen LogP contribution is 2.53. The van der Waals surface area contributed by atoms with Gasteiger partial charge in [0, 0.05) is 69.5 Å². The first kappa shape index (κ1) is 36.5. The number of fused-ring (bicyclic) bond motifs is 6. The number of nitrogens with zero attached hydrogens (tertiary/aromatic N) is 2. The van der Waals surface area contributed by atoms with E-state index in [-0.39, 0.29) is 0 Å². The highest BCUT2D eigenvalue weighted by atomic mass is 32.2. The normalized spacial score (nSPS) is 11.8. The third-order valence-corrected chi connectivity index (χ3v) is 14.2. The van der Waals surface area contributed by atoms with Crippen molar-refractivity contribution in [3.63, 3.8) is 0 Å². The predicted octanol–water partition coefficient (Wildman–Crippen LogP) is 17.6. The van der Waals surface area contributed by atoms with Crippen molar-refractivity contribution in [1.82, 2.24) is 0 Å². The molecule has 0 amide bonds. The number of hydrogen-bond donors (Lipinski definition) is 0. The van der Waals surface area contributed by atoms with Crippen LogP contribution in [-0.2, 0) is 0 Å². The molecule has 0 saturated carbocycles. The lowest BCUT2D eigenvalue weighted by molar-refractivity contribution is 1.28. The van der Waals surface area contributed by atoms with Crippen LogP contribution in [0.25, 0.3) is 64.3 Å². The van der Waals surface area contributed by atoms with E-state index in [1.165, 1.54) is 74.1 Å². The molecule has 0 atom stereocenters. The van der Waals surface area contributed by atoms with Crippen molar-refractivity contribution >= 4 is 88.2 Å². The molecule has 1 aromatic heterocycles. The van der Waals surface area contributed by atoms with Crippen LogP contribution >= 0.6 is 23.1 Å². The molecule has 1 aliphatic heterocycles. The number of hydrogen-bond acceptors (Lipinski definition) is 4. The molecule has 11 aromatic rings. The van der Waals surface area contributed by atoms with Gasteiger partial charge in [0.05, 0.1) is 0 Å². The van der Waals surface area contributed by atoms with Crippen LogP contribution in [0.2, 0.25) is 0 Å². The molecule has 62 heavy (non-hydrogen) atoms. The molecule has 12 rings (SSSR count). The minimum atomic E-state index is 1.13. The van der Waals surface area contributed by atoms with Gasteiger partial charge < -0.3 is 9.80 Å². The number of para-hydroxylation sites is 4. The van der Waals surface area contributed by atoms with E-state index in [0.29, 0.717) is 0 Å². The fourth-order valence-corrected chi connectivity index (χ4v) is 11.5. The third kappa shape index (κ3) is 6.35. The second-order valence-corrected chi connectivity index (χ2v) is 17.9. The van der Waals surface area contributed by atoms with E-state index >= 15 is 0 Å². The van der Waals surface area contributed by atoms with Crippen molar-refractivity contribution in [3.8, 4) is 33.4 Å². The first-order chi connectivity index (χ1) is 30.7. The summed E-state index contributed by atoms with van der Waals surface area (Å²) in [5.41, 5.74) is 14.3. The summed E-state index contributed by atoms with van der Waals surface area (Å²) in [4.78, 5) is 7.23. The second-order valence-electron chi connectivity index (χ2n) is 15.7. The fraction of sp³-hybridized carbons (Fsp3) is 0. The molecule has 4 heteroatoms. The molecule has 2 nitrogen and oxygen atoms in total. The van der Waals surface area contributed by atoms with Crippen molar-refractivity contribution in [1.29, 1.82) is 0 Å². The molecule has 1 aliphatic rings. The zero-order chi connectivity index (χ0) is 41.0. The van der Waals surface area contributed by atoms with E-state index in [0.717, 1.165) is 34.1 Å². The van der Waals surface area contributed by atoms with Gasteiger partial charge >= 0.3 is 0 Å². The van der Waals surface area contributed by atoms with E-state index in [4.69, 9.17) is 0 Å². The van der Waals surface area contributed by atoms with Crippen LogP contribution in [0.5, 0.6) is 0 Å². The smallest absolute Gasteiger partial charge is 0.0462 e. The summed E-state index contributed by atoms with van der Waals surface area (Å²) in [5, 5.41) is 5.37. The summed E-state index contributed by atoms with van der Waals surface area (Å²) < 4.78 is 2.64. The molecule has 0 N–H and O–H groups in total. The Kier molecular flexibility index (Phi) is 8.98. The number of benzene rings is 10. The van der Waals surface area contributed by atoms with Gasteiger partial charge in [-0.1, -0.05) is 145 Å². The van der Waals surface area contributed by atoms with Crippen LogP contribution in [0.15, 0.2) is 240 Å². The van der Waals surface area contributed by atoms with Gasteiger partial charge in [0.15, 0.2) is 0 Å². The van der Waals surface area contributed by atoms with Gasteiger partial charge in [0.2, 0.25) is 0 Å². The maximum atomic E-state index is 2.46. The Morgan fingerprint density at radius 2 is 0.742 bits per heavy atom. The summed E-state index contributed by atoms with van der Waals surface area (Å²) in [6.07, 6.45) is 0. The van der Waals surface area contributed by atoms with E-state index in [1.807, 2.05) is 23.1 Å². The van der Waals surface area contributed by atoms with Gasteiger partial charge in [-0.2, -0.15) is 0 Å². The lowest BCUT2D eigenvalue weighted by atomic mass is 9.93. The Balaban J connectivity index is 0.882. The van der Waals surface area contributed by atoms with Crippen molar-refractivity contribution < 1.29 is 0 Å². The van der Waals surface area contributed by atoms with Crippen LogP contribution < -0.4 is 9.80 Å². The van der Waals surface area contributed by atoms with Gasteiger partial charge in [0.1, 0.15) is 0 Å². The highest BCUT2D eigenvalue weighted by molar-refractivity contribution is 7.99. The molecule has 0 radical (unpaired) electrons. The van der Waals surface area contributed by atoms with Crippen molar-refractivity contribution in [3.05, 3.63) is 231 Å². The maximum Gasteiger partial charge on any atom is 0.0462 e. The maximum absolute atomic E-state index is 2.46. The van der Waals surface area contributed by atoms with Crippen LogP contribution in [0.4, 0.5) is 34.1 Å². The lowest BCUT2D eigenvalue weighted by Crippen LogP contribution is -2.09. The van der Waals surface area contributed by atoms with Gasteiger partial charge in [0.25, 0.3) is 0 Å². The molecule has 10 aromatic carbocycles. The van der Waals surface area contributed by atoms with Crippen LogP contribution in [-0.4, -0.2) is 0 Å². The summed E-state index contributed by atoms with van der Waals surface area (Å²) in [6, 6.07) is 83.7. The highest BCUT2D eigenvalue weighted by Gasteiger charge is 2.23. The van der Waals surface area contributed by atoms with E-state index in [9.17, 15) is 0 Å². The molecule has 0 bridgehead atoms. The Bertz CT molecular complexity index is 3320. The average molecular weight is 827 g/mol. The Labute approximate surface area is 369 Å². The quantitative estimate of drug-likeness (QED) is 0.151. The van der Waals surface area contributed by atoms with Crippen LogP contribution in [0.3, 0.4) is 0 Å². The second kappa shape index (κ2) is 15.3. The standard InChI is InChI=1S/C58H38N2S2/c1-5-14-43(15-6-1)59(44-16-7-2-8-17-44)47-30-24-39(25-31-47)41-28-34-49-52-38-56-57(51-22-13-23-53(58(51)52)61-54(49)36-41)50-35-29-42(37-55(50)62-56)40-26-32-48(33-27-40)60(45-18-9-3-10-19-45)46-20-11-4-12-21-46/h1-38H. The average Bonchev–Trinajstić information content (AvgIpc) is 3.71. The molecule has 0 saturated heterocycles. The van der Waals surface area contributed by atoms with E-state index < -0.39 is 0 Å². The zero-order valence-electron chi connectivity index (χ0n) is 33.7. The van der Waals surface area contributed by atoms with Crippen molar-refractivity contribution in [2.24, 2.45) is 0 Å².